The number of methoxy groups -OCH3 is 1. The second-order valence-electron chi connectivity index (χ2n) is 6.41. The fraction of sp³-hybridized carbons (Fsp3) is 0.286. The molecule has 0 aliphatic carbocycles. The third-order valence-electron chi connectivity index (χ3n) is 4.58. The van der Waals surface area contributed by atoms with Crippen LogP contribution in [0, 0.1) is 0 Å². The van der Waals surface area contributed by atoms with Gasteiger partial charge in [-0.05, 0) is 23.3 Å². The van der Waals surface area contributed by atoms with Gasteiger partial charge in [-0.25, -0.2) is 9.59 Å². The van der Waals surface area contributed by atoms with Crippen molar-refractivity contribution < 1.29 is 28.6 Å². The fourth-order valence-electron chi connectivity index (χ4n) is 3.10. The molecule has 0 aromatic heterocycles. The average molecular weight is 418 g/mol. The van der Waals surface area contributed by atoms with Gasteiger partial charge in [-0.15, -0.1) is 0 Å². The lowest BCUT2D eigenvalue weighted by atomic mass is 9.94. The molecule has 29 heavy (non-hydrogen) atoms. The van der Waals surface area contributed by atoms with Gasteiger partial charge < -0.3 is 19.1 Å². The molecule has 0 saturated carbocycles. The van der Waals surface area contributed by atoms with Gasteiger partial charge in [-0.1, -0.05) is 48.0 Å². The van der Waals surface area contributed by atoms with Crippen LogP contribution in [0.4, 0.5) is 0 Å². The minimum Gasteiger partial charge on any atom is -0.480 e. The molecule has 1 amide bonds. The van der Waals surface area contributed by atoms with Gasteiger partial charge in [0.25, 0.3) is 5.91 Å². The van der Waals surface area contributed by atoms with E-state index in [0.717, 1.165) is 11.1 Å². The Kier molecular flexibility index (Phi) is 6.72. The van der Waals surface area contributed by atoms with E-state index in [0.29, 0.717) is 17.2 Å². The first-order chi connectivity index (χ1) is 14.0. The molecule has 1 atom stereocenters. The number of fused-ring (bicyclic) bond motifs is 1. The van der Waals surface area contributed by atoms with Crippen molar-refractivity contribution in [2.45, 2.75) is 19.0 Å². The predicted octanol–water partition coefficient (Wildman–Crippen LogP) is 2.39. The summed E-state index contributed by atoms with van der Waals surface area (Å²) in [5.74, 6) is -1.37. The van der Waals surface area contributed by atoms with Crippen LogP contribution in [0.3, 0.4) is 0 Å². The molecule has 1 heterocycles. The number of halogens is 1. The number of carbonyl (C=O) groups is 3. The Morgan fingerprint density at radius 2 is 1.72 bits per heavy atom. The number of ether oxygens (including phenoxy) is 3. The predicted molar refractivity (Wildman–Crippen MR) is 104 cm³/mol. The van der Waals surface area contributed by atoms with Gasteiger partial charge in [0.05, 0.1) is 12.1 Å². The summed E-state index contributed by atoms with van der Waals surface area (Å²) in [7, 11) is 1.28. The van der Waals surface area contributed by atoms with Crippen LogP contribution in [-0.2, 0) is 36.8 Å². The number of hydrogen-bond acceptors (Lipinski definition) is 6. The number of hydrogen-bond donors (Lipinski definition) is 0. The number of para-hydroxylation sites is 1. The Bertz CT molecular complexity index is 916. The molecule has 0 N–H and O–H groups in total. The van der Waals surface area contributed by atoms with Crippen molar-refractivity contribution >= 4 is 29.4 Å². The molecular formula is C21H20ClNO6. The summed E-state index contributed by atoms with van der Waals surface area (Å²) in [6.45, 7) is -0.650. The zero-order chi connectivity index (χ0) is 20.8. The Balaban J connectivity index is 1.59. The van der Waals surface area contributed by atoms with Crippen LogP contribution >= 0.6 is 11.6 Å². The summed E-state index contributed by atoms with van der Waals surface area (Å²) in [5, 5.41) is 0.365. The molecule has 0 radical (unpaired) electrons. The highest BCUT2D eigenvalue weighted by Crippen LogP contribution is 2.25. The lowest BCUT2D eigenvalue weighted by molar-refractivity contribution is -0.160. The van der Waals surface area contributed by atoms with Crippen molar-refractivity contribution in [3.05, 3.63) is 64.7 Å². The lowest BCUT2D eigenvalue weighted by Gasteiger charge is -2.35. The van der Waals surface area contributed by atoms with E-state index in [9.17, 15) is 14.4 Å². The zero-order valence-corrected chi connectivity index (χ0v) is 16.6. The lowest BCUT2D eigenvalue weighted by Crippen LogP contribution is -2.50. The molecule has 0 unspecified atom stereocenters. The number of carbonyl (C=O) groups excluding carboxylic acids is 3. The Morgan fingerprint density at radius 1 is 1.03 bits per heavy atom. The summed E-state index contributed by atoms with van der Waals surface area (Å²) in [4.78, 5) is 38.1. The van der Waals surface area contributed by atoms with E-state index in [-0.39, 0.29) is 13.2 Å². The standard InChI is InChI=1S/C21H20ClNO6/c1-27-21(26)17-10-14-6-2-3-7-15(14)11-23(17)19(24)12-29-20(25)13-28-18-9-5-4-8-16(18)22/h2-9,17H,10-13H2,1H3/t17-/m1/s1. The van der Waals surface area contributed by atoms with Gasteiger partial charge in [0.2, 0.25) is 0 Å². The number of amides is 1. The molecular weight excluding hydrogens is 398 g/mol. The highest BCUT2D eigenvalue weighted by Gasteiger charge is 2.35. The first-order valence-corrected chi connectivity index (χ1v) is 9.34. The topological polar surface area (TPSA) is 82.1 Å². The Labute approximate surface area is 173 Å². The smallest absolute Gasteiger partial charge is 0.344 e. The SMILES string of the molecule is COC(=O)[C@H]1Cc2ccccc2CN1C(=O)COC(=O)COc1ccccc1Cl. The molecule has 1 aliphatic heterocycles. The molecule has 0 saturated heterocycles. The summed E-state index contributed by atoms with van der Waals surface area (Å²) in [6, 6.07) is 13.5. The van der Waals surface area contributed by atoms with E-state index in [2.05, 4.69) is 0 Å². The van der Waals surface area contributed by atoms with Crippen molar-refractivity contribution in [1.82, 2.24) is 4.90 Å². The Hall–Kier alpha value is -3.06. The van der Waals surface area contributed by atoms with Gasteiger partial charge in [-0.3, -0.25) is 4.79 Å². The van der Waals surface area contributed by atoms with E-state index in [4.69, 9.17) is 25.8 Å². The van der Waals surface area contributed by atoms with E-state index in [1.807, 2.05) is 24.3 Å². The van der Waals surface area contributed by atoms with Crippen LogP contribution in [0.2, 0.25) is 5.02 Å². The molecule has 3 rings (SSSR count). The summed E-state index contributed by atoms with van der Waals surface area (Å²) in [5.41, 5.74) is 1.92. The molecule has 2 aromatic rings. The van der Waals surface area contributed by atoms with Crippen LogP contribution in [-0.4, -0.2) is 49.1 Å². The first-order valence-electron chi connectivity index (χ1n) is 8.96. The van der Waals surface area contributed by atoms with E-state index in [1.165, 1.54) is 12.0 Å². The third kappa shape index (κ3) is 5.06. The van der Waals surface area contributed by atoms with Gasteiger partial charge >= 0.3 is 11.9 Å². The highest BCUT2D eigenvalue weighted by atomic mass is 35.5. The van der Waals surface area contributed by atoms with E-state index in [1.54, 1.807) is 24.3 Å². The van der Waals surface area contributed by atoms with E-state index < -0.39 is 30.5 Å². The maximum Gasteiger partial charge on any atom is 0.344 e. The van der Waals surface area contributed by atoms with Crippen LogP contribution in [0.5, 0.6) is 5.75 Å². The van der Waals surface area contributed by atoms with Gasteiger partial charge in [0.15, 0.2) is 13.2 Å². The number of rotatable bonds is 6. The van der Waals surface area contributed by atoms with Crippen LogP contribution in [0.25, 0.3) is 0 Å². The van der Waals surface area contributed by atoms with Crippen molar-refractivity contribution in [1.29, 1.82) is 0 Å². The molecule has 1 aliphatic rings. The average Bonchev–Trinajstić information content (AvgIpc) is 2.75. The first kappa shape index (κ1) is 20.7. The largest absolute Gasteiger partial charge is 0.480 e. The van der Waals surface area contributed by atoms with Gasteiger partial charge in [0, 0.05) is 13.0 Å². The molecule has 8 heteroatoms. The summed E-state index contributed by atoms with van der Waals surface area (Å²) >= 11 is 5.96. The highest BCUT2D eigenvalue weighted by molar-refractivity contribution is 6.32. The minimum atomic E-state index is -0.763. The number of esters is 2. The van der Waals surface area contributed by atoms with Crippen molar-refractivity contribution in [2.24, 2.45) is 0 Å². The minimum absolute atomic E-state index is 0.239. The second kappa shape index (κ2) is 9.43. The monoisotopic (exact) mass is 417 g/mol. The number of nitrogens with zero attached hydrogens (tertiary/aromatic N) is 1. The molecule has 7 nitrogen and oxygen atoms in total. The van der Waals surface area contributed by atoms with Gasteiger partial charge in [0.1, 0.15) is 11.8 Å². The summed E-state index contributed by atoms with van der Waals surface area (Å²) in [6.07, 6.45) is 0.345. The second-order valence-corrected chi connectivity index (χ2v) is 6.82. The normalized spacial score (nSPS) is 15.2. The quantitative estimate of drug-likeness (QED) is 0.671. The van der Waals surface area contributed by atoms with E-state index >= 15 is 0 Å². The van der Waals surface area contributed by atoms with Crippen LogP contribution in [0.15, 0.2) is 48.5 Å². The maximum atomic E-state index is 12.7. The molecule has 0 bridgehead atoms. The van der Waals surface area contributed by atoms with Gasteiger partial charge in [-0.2, -0.15) is 0 Å². The van der Waals surface area contributed by atoms with Crippen LogP contribution in [0.1, 0.15) is 11.1 Å². The molecule has 2 aromatic carbocycles. The molecule has 0 spiro atoms. The summed E-state index contributed by atoms with van der Waals surface area (Å²) < 4.78 is 15.1. The zero-order valence-electron chi connectivity index (χ0n) is 15.8. The van der Waals surface area contributed by atoms with Crippen LogP contribution < -0.4 is 4.74 Å². The van der Waals surface area contributed by atoms with Crippen molar-refractivity contribution in [3.63, 3.8) is 0 Å². The van der Waals surface area contributed by atoms with Crippen molar-refractivity contribution in [2.75, 3.05) is 20.3 Å². The molecule has 152 valence electrons. The Morgan fingerprint density at radius 3 is 2.45 bits per heavy atom. The maximum absolute atomic E-state index is 12.7. The third-order valence-corrected chi connectivity index (χ3v) is 4.89. The number of benzene rings is 2. The van der Waals surface area contributed by atoms with Crippen molar-refractivity contribution in [3.8, 4) is 5.75 Å². The fourth-order valence-corrected chi connectivity index (χ4v) is 3.29. The molecule has 0 fully saturated rings.